The number of aliphatic hydroxyl groups excluding tert-OH is 1. The average molecular weight is 412 g/mol. The molecule has 1 N–H and O–H groups in total. The van der Waals surface area contributed by atoms with E-state index in [4.69, 9.17) is 0 Å². The first-order chi connectivity index (χ1) is 15.0. The van der Waals surface area contributed by atoms with E-state index in [1.165, 1.54) is 4.90 Å². The number of aryl methyl sites for hydroxylation is 3. The van der Waals surface area contributed by atoms with Crippen LogP contribution >= 0.6 is 0 Å². The van der Waals surface area contributed by atoms with Crippen LogP contribution in [0.1, 0.15) is 34.7 Å². The number of Topliss-reactive ketones (excluding diaryl/α,β-unsaturated/α-hetero) is 1. The molecule has 0 saturated carbocycles. The fourth-order valence-electron chi connectivity index (χ4n) is 4.10. The number of amides is 1. The third kappa shape index (κ3) is 3.99. The predicted octanol–water partition coefficient (Wildman–Crippen LogP) is 4.80. The standard InChI is InChI=1S/C26H24N2O3/c1-17-10-12-21(18(2)15-17)28-24(20-9-6-14-27-16-20)23(25(30)26(28)31)22(29)13-11-19-7-4-3-5-8-19/h3-10,12,14-16,24,30H,11,13H2,1-2H3. The molecule has 0 bridgehead atoms. The van der Waals surface area contributed by atoms with Gasteiger partial charge in [0.2, 0.25) is 0 Å². The molecule has 31 heavy (non-hydrogen) atoms. The summed E-state index contributed by atoms with van der Waals surface area (Å²) in [6.07, 6.45) is 4.02. The molecule has 0 fully saturated rings. The maximum Gasteiger partial charge on any atom is 0.294 e. The molecule has 3 aromatic rings. The van der Waals surface area contributed by atoms with Gasteiger partial charge in [-0.2, -0.15) is 0 Å². The van der Waals surface area contributed by atoms with Crippen molar-refractivity contribution in [3.63, 3.8) is 0 Å². The zero-order valence-electron chi connectivity index (χ0n) is 17.6. The highest BCUT2D eigenvalue weighted by molar-refractivity contribution is 6.16. The van der Waals surface area contributed by atoms with Crippen molar-refractivity contribution in [2.45, 2.75) is 32.7 Å². The van der Waals surface area contributed by atoms with Gasteiger partial charge in [-0.3, -0.25) is 19.5 Å². The van der Waals surface area contributed by atoms with Gasteiger partial charge in [-0.1, -0.05) is 54.1 Å². The second kappa shape index (κ2) is 8.56. The summed E-state index contributed by atoms with van der Waals surface area (Å²) in [5, 5.41) is 10.8. The molecule has 4 rings (SSSR count). The number of benzene rings is 2. The second-order valence-corrected chi connectivity index (χ2v) is 7.83. The van der Waals surface area contributed by atoms with Gasteiger partial charge in [-0.15, -0.1) is 0 Å². The van der Waals surface area contributed by atoms with Crippen molar-refractivity contribution in [2.75, 3.05) is 4.90 Å². The highest BCUT2D eigenvalue weighted by atomic mass is 16.3. The van der Waals surface area contributed by atoms with Crippen LogP contribution in [0.15, 0.2) is 84.4 Å². The van der Waals surface area contributed by atoms with E-state index in [0.717, 1.165) is 16.7 Å². The van der Waals surface area contributed by atoms with Gasteiger partial charge in [-0.05, 0) is 49.1 Å². The van der Waals surface area contributed by atoms with Crippen LogP contribution in [0.2, 0.25) is 0 Å². The van der Waals surface area contributed by atoms with Gasteiger partial charge in [0.05, 0.1) is 11.6 Å². The molecule has 0 aliphatic carbocycles. The Balaban J connectivity index is 1.74. The number of carbonyl (C=O) groups is 2. The van der Waals surface area contributed by atoms with Gasteiger partial charge < -0.3 is 5.11 Å². The van der Waals surface area contributed by atoms with Crippen LogP contribution in [0.25, 0.3) is 0 Å². The SMILES string of the molecule is Cc1ccc(N2C(=O)C(O)=C(C(=O)CCc3ccccc3)C2c2cccnc2)c(C)c1. The van der Waals surface area contributed by atoms with Gasteiger partial charge >= 0.3 is 0 Å². The predicted molar refractivity (Wildman–Crippen MR) is 120 cm³/mol. The van der Waals surface area contributed by atoms with E-state index in [-0.39, 0.29) is 17.8 Å². The van der Waals surface area contributed by atoms with E-state index in [1.807, 2.05) is 68.4 Å². The van der Waals surface area contributed by atoms with Crippen molar-refractivity contribution in [1.82, 2.24) is 4.98 Å². The lowest BCUT2D eigenvalue weighted by Gasteiger charge is -2.28. The molecule has 1 atom stereocenters. The van der Waals surface area contributed by atoms with Crippen molar-refractivity contribution < 1.29 is 14.7 Å². The number of hydrogen-bond acceptors (Lipinski definition) is 4. The normalized spacial score (nSPS) is 16.1. The van der Waals surface area contributed by atoms with E-state index in [1.54, 1.807) is 18.5 Å². The Kier molecular flexibility index (Phi) is 5.67. The largest absolute Gasteiger partial charge is 0.503 e. The summed E-state index contributed by atoms with van der Waals surface area (Å²) < 4.78 is 0. The first-order valence-corrected chi connectivity index (χ1v) is 10.3. The summed E-state index contributed by atoms with van der Waals surface area (Å²) in [4.78, 5) is 32.1. The number of carbonyl (C=O) groups excluding carboxylic acids is 2. The summed E-state index contributed by atoms with van der Waals surface area (Å²) in [6, 6.07) is 18.3. The summed E-state index contributed by atoms with van der Waals surface area (Å²) in [5.41, 5.74) is 4.48. The van der Waals surface area contributed by atoms with Gasteiger partial charge in [0.1, 0.15) is 0 Å². The van der Waals surface area contributed by atoms with E-state index in [2.05, 4.69) is 4.98 Å². The highest BCUT2D eigenvalue weighted by Gasteiger charge is 2.44. The summed E-state index contributed by atoms with van der Waals surface area (Å²) in [7, 11) is 0. The topological polar surface area (TPSA) is 70.5 Å². The molecule has 5 heteroatoms. The van der Waals surface area contributed by atoms with E-state index in [9.17, 15) is 14.7 Å². The van der Waals surface area contributed by atoms with Gasteiger partial charge in [-0.25, -0.2) is 0 Å². The molecule has 1 aliphatic heterocycles. The molecular weight excluding hydrogens is 388 g/mol. The number of anilines is 1. The average Bonchev–Trinajstić information content (AvgIpc) is 3.04. The molecule has 0 spiro atoms. The molecule has 2 heterocycles. The number of aliphatic hydroxyl groups is 1. The third-order valence-electron chi connectivity index (χ3n) is 5.60. The van der Waals surface area contributed by atoms with Crippen molar-refractivity contribution >= 4 is 17.4 Å². The summed E-state index contributed by atoms with van der Waals surface area (Å²) >= 11 is 0. The Morgan fingerprint density at radius 2 is 1.84 bits per heavy atom. The fourth-order valence-corrected chi connectivity index (χ4v) is 4.10. The molecule has 0 saturated heterocycles. The molecule has 2 aromatic carbocycles. The summed E-state index contributed by atoms with van der Waals surface area (Å²) in [5.74, 6) is -1.29. The minimum atomic E-state index is -0.717. The maximum atomic E-state index is 13.3. The van der Waals surface area contributed by atoms with E-state index < -0.39 is 17.7 Å². The van der Waals surface area contributed by atoms with Crippen molar-refractivity contribution in [2.24, 2.45) is 0 Å². The number of rotatable bonds is 6. The Morgan fingerprint density at radius 3 is 2.52 bits per heavy atom. The van der Waals surface area contributed by atoms with Crippen molar-refractivity contribution in [1.29, 1.82) is 0 Å². The van der Waals surface area contributed by atoms with Crippen LogP contribution in [0.5, 0.6) is 0 Å². The Bertz CT molecular complexity index is 1150. The van der Waals surface area contributed by atoms with Crippen LogP contribution in [0.3, 0.4) is 0 Å². The van der Waals surface area contributed by atoms with Crippen LogP contribution in [0, 0.1) is 13.8 Å². The lowest BCUT2D eigenvalue weighted by atomic mass is 9.93. The Hall–Kier alpha value is -3.73. The lowest BCUT2D eigenvalue weighted by molar-refractivity contribution is -0.118. The number of nitrogens with zero attached hydrogens (tertiary/aromatic N) is 2. The number of hydrogen-bond donors (Lipinski definition) is 1. The van der Waals surface area contributed by atoms with Gasteiger partial charge in [0.25, 0.3) is 5.91 Å². The number of aromatic nitrogens is 1. The van der Waals surface area contributed by atoms with E-state index >= 15 is 0 Å². The highest BCUT2D eigenvalue weighted by Crippen LogP contribution is 2.42. The van der Waals surface area contributed by atoms with Crippen LogP contribution in [-0.2, 0) is 16.0 Å². The first-order valence-electron chi connectivity index (χ1n) is 10.3. The minimum Gasteiger partial charge on any atom is -0.503 e. The molecule has 1 unspecified atom stereocenters. The molecule has 1 amide bonds. The fraction of sp³-hybridized carbons (Fsp3) is 0.192. The zero-order chi connectivity index (χ0) is 22.0. The molecule has 0 radical (unpaired) electrons. The van der Waals surface area contributed by atoms with Crippen molar-refractivity contribution in [3.8, 4) is 0 Å². The zero-order valence-corrected chi connectivity index (χ0v) is 17.6. The third-order valence-corrected chi connectivity index (χ3v) is 5.60. The monoisotopic (exact) mass is 412 g/mol. The number of ketones is 1. The molecular formula is C26H24N2O3. The maximum absolute atomic E-state index is 13.3. The molecule has 5 nitrogen and oxygen atoms in total. The molecule has 156 valence electrons. The Labute approximate surface area is 181 Å². The quantitative estimate of drug-likeness (QED) is 0.631. The number of pyridine rings is 1. The second-order valence-electron chi connectivity index (χ2n) is 7.83. The molecule has 1 aliphatic rings. The van der Waals surface area contributed by atoms with Crippen molar-refractivity contribution in [3.05, 3.63) is 107 Å². The van der Waals surface area contributed by atoms with E-state index in [0.29, 0.717) is 17.7 Å². The first kappa shape index (κ1) is 20.5. The smallest absolute Gasteiger partial charge is 0.294 e. The van der Waals surface area contributed by atoms with Gasteiger partial charge in [0, 0.05) is 24.5 Å². The van der Waals surface area contributed by atoms with Crippen LogP contribution in [0.4, 0.5) is 5.69 Å². The van der Waals surface area contributed by atoms with Crippen LogP contribution < -0.4 is 4.90 Å². The summed E-state index contributed by atoms with van der Waals surface area (Å²) in [6.45, 7) is 3.90. The Morgan fingerprint density at radius 1 is 1.06 bits per heavy atom. The lowest BCUT2D eigenvalue weighted by Crippen LogP contribution is -2.31. The van der Waals surface area contributed by atoms with Gasteiger partial charge in [0.15, 0.2) is 11.5 Å². The van der Waals surface area contributed by atoms with Crippen LogP contribution in [-0.4, -0.2) is 21.8 Å². The molecule has 1 aromatic heterocycles. The minimum absolute atomic E-state index is 0.133.